The number of hydrogen-bond acceptors (Lipinski definition) is 3. The molecule has 2 heterocycles. The van der Waals surface area contributed by atoms with Crippen molar-refractivity contribution in [2.45, 2.75) is 51.2 Å². The maximum Gasteiger partial charge on any atom is 0.309 e. The standard InChI is InChI=1S/C14H19N3O3/c1-2-5-16-8-15-7-11(16)13-10(14(19)20)6-12(18)17(13)9-3-4-9/h7-10,13H,2-6H2,1H3,(H,19,20). The van der Waals surface area contributed by atoms with E-state index in [9.17, 15) is 14.7 Å². The fourth-order valence-corrected chi connectivity index (χ4v) is 3.11. The van der Waals surface area contributed by atoms with Crippen molar-refractivity contribution in [3.05, 3.63) is 18.2 Å². The zero-order chi connectivity index (χ0) is 14.3. The molecule has 1 aromatic rings. The van der Waals surface area contributed by atoms with Gasteiger partial charge in [0.1, 0.15) is 0 Å². The van der Waals surface area contributed by atoms with E-state index in [0.29, 0.717) is 0 Å². The van der Waals surface area contributed by atoms with Gasteiger partial charge in [-0.05, 0) is 19.3 Å². The molecule has 1 aliphatic heterocycles. The third-order valence-electron chi connectivity index (χ3n) is 4.13. The number of rotatable bonds is 5. The highest BCUT2D eigenvalue weighted by Crippen LogP contribution is 2.44. The number of imidazole rings is 1. The Morgan fingerprint density at radius 3 is 2.85 bits per heavy atom. The molecule has 1 saturated carbocycles. The minimum atomic E-state index is -0.893. The van der Waals surface area contributed by atoms with Gasteiger partial charge in [-0.1, -0.05) is 6.92 Å². The van der Waals surface area contributed by atoms with Gasteiger partial charge in [-0.15, -0.1) is 0 Å². The maximum absolute atomic E-state index is 12.2. The average Bonchev–Trinajstić information content (AvgIpc) is 3.03. The molecule has 2 aliphatic rings. The van der Waals surface area contributed by atoms with Gasteiger partial charge in [-0.3, -0.25) is 9.59 Å². The molecule has 1 amide bonds. The van der Waals surface area contributed by atoms with Crippen LogP contribution in [-0.4, -0.2) is 37.5 Å². The van der Waals surface area contributed by atoms with E-state index in [2.05, 4.69) is 11.9 Å². The van der Waals surface area contributed by atoms with Crippen molar-refractivity contribution in [2.24, 2.45) is 5.92 Å². The number of hydrogen-bond donors (Lipinski definition) is 1. The molecule has 6 heteroatoms. The number of carboxylic acid groups (broad SMARTS) is 1. The fraction of sp³-hybridized carbons (Fsp3) is 0.643. The molecule has 1 saturated heterocycles. The number of carboxylic acids is 1. The molecule has 6 nitrogen and oxygen atoms in total. The maximum atomic E-state index is 12.2. The molecule has 0 radical (unpaired) electrons. The van der Waals surface area contributed by atoms with Crippen molar-refractivity contribution in [1.82, 2.24) is 14.5 Å². The van der Waals surface area contributed by atoms with Crippen molar-refractivity contribution in [3.63, 3.8) is 0 Å². The number of nitrogens with zero attached hydrogens (tertiary/aromatic N) is 3. The molecule has 1 N–H and O–H groups in total. The van der Waals surface area contributed by atoms with Crippen LogP contribution >= 0.6 is 0 Å². The van der Waals surface area contributed by atoms with Crippen LogP contribution in [-0.2, 0) is 16.1 Å². The van der Waals surface area contributed by atoms with Crippen LogP contribution < -0.4 is 0 Å². The van der Waals surface area contributed by atoms with Crippen LogP contribution in [0.4, 0.5) is 0 Å². The van der Waals surface area contributed by atoms with Crippen molar-refractivity contribution in [2.75, 3.05) is 0 Å². The van der Waals surface area contributed by atoms with Crippen LogP contribution in [0, 0.1) is 5.92 Å². The Hall–Kier alpha value is -1.85. The van der Waals surface area contributed by atoms with Crippen LogP contribution in [0.1, 0.15) is 44.3 Å². The number of amides is 1. The highest BCUT2D eigenvalue weighted by atomic mass is 16.4. The van der Waals surface area contributed by atoms with Crippen LogP contribution in [0.15, 0.2) is 12.5 Å². The molecule has 2 fully saturated rings. The summed E-state index contributed by atoms with van der Waals surface area (Å²) in [6.07, 6.45) is 6.46. The second-order valence-electron chi connectivity index (χ2n) is 5.64. The third-order valence-corrected chi connectivity index (χ3v) is 4.13. The Morgan fingerprint density at radius 1 is 1.50 bits per heavy atom. The third kappa shape index (κ3) is 2.09. The van der Waals surface area contributed by atoms with Gasteiger partial charge in [0, 0.05) is 19.0 Å². The Balaban J connectivity index is 1.98. The smallest absolute Gasteiger partial charge is 0.309 e. The lowest BCUT2D eigenvalue weighted by Gasteiger charge is -2.27. The van der Waals surface area contributed by atoms with Gasteiger partial charge < -0.3 is 14.6 Å². The molecule has 1 aliphatic carbocycles. The molecule has 0 aromatic carbocycles. The summed E-state index contributed by atoms with van der Waals surface area (Å²) >= 11 is 0. The first-order valence-electron chi connectivity index (χ1n) is 7.17. The molecular weight excluding hydrogens is 258 g/mol. The average molecular weight is 277 g/mol. The van der Waals surface area contributed by atoms with Crippen LogP contribution in [0.25, 0.3) is 0 Å². The van der Waals surface area contributed by atoms with E-state index in [1.165, 1.54) is 0 Å². The summed E-state index contributed by atoms with van der Waals surface area (Å²) in [5.74, 6) is -1.58. The molecule has 108 valence electrons. The van der Waals surface area contributed by atoms with Gasteiger partial charge >= 0.3 is 5.97 Å². The van der Waals surface area contributed by atoms with Crippen LogP contribution in [0.3, 0.4) is 0 Å². The monoisotopic (exact) mass is 277 g/mol. The van der Waals surface area contributed by atoms with E-state index in [1.54, 1.807) is 17.4 Å². The molecule has 0 spiro atoms. The lowest BCUT2D eigenvalue weighted by Crippen LogP contribution is -2.33. The molecule has 2 unspecified atom stereocenters. The number of aryl methyl sites for hydroxylation is 1. The lowest BCUT2D eigenvalue weighted by molar-refractivity contribution is -0.142. The van der Waals surface area contributed by atoms with Gasteiger partial charge in [-0.25, -0.2) is 4.98 Å². The van der Waals surface area contributed by atoms with Gasteiger partial charge in [0.15, 0.2) is 0 Å². The van der Waals surface area contributed by atoms with Crippen molar-refractivity contribution in [3.8, 4) is 0 Å². The molecule has 2 atom stereocenters. The van der Waals surface area contributed by atoms with E-state index in [1.807, 2.05) is 4.57 Å². The van der Waals surface area contributed by atoms with E-state index in [0.717, 1.165) is 31.5 Å². The zero-order valence-electron chi connectivity index (χ0n) is 11.5. The minimum absolute atomic E-state index is 0.0332. The first-order chi connectivity index (χ1) is 9.63. The summed E-state index contributed by atoms with van der Waals surface area (Å²) in [6, 6.07) is -0.136. The van der Waals surface area contributed by atoms with Gasteiger partial charge in [0.05, 0.1) is 30.2 Å². The normalized spacial score (nSPS) is 26.2. The number of carbonyl (C=O) groups excluding carboxylic acids is 1. The van der Waals surface area contributed by atoms with E-state index in [-0.39, 0.29) is 24.4 Å². The minimum Gasteiger partial charge on any atom is -0.481 e. The Morgan fingerprint density at radius 2 is 2.25 bits per heavy atom. The van der Waals surface area contributed by atoms with E-state index in [4.69, 9.17) is 0 Å². The predicted octanol–water partition coefficient (Wildman–Crippen LogP) is 1.43. The topological polar surface area (TPSA) is 75.4 Å². The number of likely N-dealkylation sites (tertiary alicyclic amines) is 1. The molecule has 0 bridgehead atoms. The Kier molecular flexibility index (Phi) is 3.23. The molecule has 3 rings (SSSR count). The van der Waals surface area contributed by atoms with Gasteiger partial charge in [0.2, 0.25) is 5.91 Å². The summed E-state index contributed by atoms with van der Waals surface area (Å²) in [5, 5.41) is 9.43. The second-order valence-corrected chi connectivity index (χ2v) is 5.64. The van der Waals surface area contributed by atoms with Crippen molar-refractivity contribution in [1.29, 1.82) is 0 Å². The Labute approximate surface area is 117 Å². The number of aliphatic carboxylic acids is 1. The molecule has 1 aromatic heterocycles. The number of carbonyl (C=O) groups is 2. The van der Waals surface area contributed by atoms with Crippen molar-refractivity contribution >= 4 is 11.9 Å². The highest BCUT2D eigenvalue weighted by Gasteiger charge is 2.50. The summed E-state index contributed by atoms with van der Waals surface area (Å²) in [6.45, 7) is 2.86. The van der Waals surface area contributed by atoms with Crippen LogP contribution in [0.5, 0.6) is 0 Å². The van der Waals surface area contributed by atoms with Gasteiger partial charge in [-0.2, -0.15) is 0 Å². The van der Waals surface area contributed by atoms with E-state index >= 15 is 0 Å². The second kappa shape index (κ2) is 4.92. The van der Waals surface area contributed by atoms with E-state index < -0.39 is 11.9 Å². The lowest BCUT2D eigenvalue weighted by atomic mass is 9.97. The summed E-state index contributed by atoms with van der Waals surface area (Å²) in [4.78, 5) is 29.6. The summed E-state index contributed by atoms with van der Waals surface area (Å²) < 4.78 is 1.98. The quantitative estimate of drug-likeness (QED) is 0.883. The first-order valence-corrected chi connectivity index (χ1v) is 7.17. The SMILES string of the molecule is CCCn1cncc1C1C(C(=O)O)CC(=O)N1C1CC1. The summed E-state index contributed by atoms with van der Waals surface area (Å²) in [7, 11) is 0. The first kappa shape index (κ1) is 13.1. The fourth-order valence-electron chi connectivity index (χ4n) is 3.11. The summed E-state index contributed by atoms with van der Waals surface area (Å²) in [5.41, 5.74) is 0.858. The largest absolute Gasteiger partial charge is 0.481 e. The van der Waals surface area contributed by atoms with Crippen molar-refractivity contribution < 1.29 is 14.7 Å². The molecule has 20 heavy (non-hydrogen) atoms. The number of aromatic nitrogens is 2. The predicted molar refractivity (Wildman–Crippen MR) is 70.9 cm³/mol. The highest BCUT2D eigenvalue weighted by molar-refractivity contribution is 5.87. The molecular formula is C14H19N3O3. The van der Waals surface area contributed by atoms with Gasteiger partial charge in [0.25, 0.3) is 0 Å². The van der Waals surface area contributed by atoms with Crippen LogP contribution in [0.2, 0.25) is 0 Å². The Bertz CT molecular complexity index is 536. The zero-order valence-corrected chi connectivity index (χ0v) is 11.5.